The molecule has 0 saturated carbocycles. The fourth-order valence-electron chi connectivity index (χ4n) is 1.20. The molecule has 0 aliphatic heterocycles. The van der Waals surface area contributed by atoms with E-state index in [4.69, 9.17) is 4.42 Å². The summed E-state index contributed by atoms with van der Waals surface area (Å²) in [4.78, 5) is 0.779. The minimum atomic E-state index is 0.779. The second kappa shape index (κ2) is 5.45. The van der Waals surface area contributed by atoms with E-state index in [0.717, 1.165) is 11.2 Å². The van der Waals surface area contributed by atoms with Crippen molar-refractivity contribution in [3.8, 4) is 0 Å². The van der Waals surface area contributed by atoms with Gasteiger partial charge in [0, 0.05) is 0 Å². The normalized spacial score (nSPS) is 13.2. The summed E-state index contributed by atoms with van der Waals surface area (Å²) in [5, 5.41) is 0. The van der Waals surface area contributed by atoms with Crippen molar-refractivity contribution in [1.82, 2.24) is 0 Å². The Morgan fingerprint density at radius 2 is 2.33 bits per heavy atom. The minimum absolute atomic E-state index is 0.779. The molecule has 0 aromatic carbocycles. The van der Waals surface area contributed by atoms with Gasteiger partial charge in [0.25, 0.3) is 0 Å². The van der Waals surface area contributed by atoms with E-state index in [0.29, 0.717) is 0 Å². The first-order valence-corrected chi connectivity index (χ1v) is 5.56. The third-order valence-corrected chi connectivity index (χ3v) is 2.46. The van der Waals surface area contributed by atoms with Crippen molar-refractivity contribution in [2.45, 2.75) is 37.4 Å². The second-order valence-electron chi connectivity index (χ2n) is 3.23. The van der Waals surface area contributed by atoms with Crippen LogP contribution in [0, 0.1) is 0 Å². The number of hydrogen-bond acceptors (Lipinski definition) is 1. The first kappa shape index (κ1) is 9.88. The van der Waals surface area contributed by atoms with Gasteiger partial charge in [-0.1, -0.05) is 0 Å². The van der Waals surface area contributed by atoms with E-state index in [2.05, 4.69) is 22.9 Å². The molecule has 1 nitrogen and oxygen atoms in total. The van der Waals surface area contributed by atoms with Crippen LogP contribution in [0.15, 0.2) is 23.0 Å². The SMILES string of the molecule is CC([SeH])CCCCc1ccoc1. The molecule has 2 heteroatoms. The van der Waals surface area contributed by atoms with E-state index < -0.39 is 0 Å². The van der Waals surface area contributed by atoms with E-state index in [1.54, 1.807) is 6.26 Å². The average molecular weight is 231 g/mol. The van der Waals surface area contributed by atoms with Gasteiger partial charge in [-0.3, -0.25) is 0 Å². The zero-order chi connectivity index (χ0) is 8.81. The molecule has 1 atom stereocenters. The Balaban J connectivity index is 2.04. The molecule has 68 valence electrons. The molecular formula is C10H16OSe. The van der Waals surface area contributed by atoms with Gasteiger partial charge in [-0.15, -0.1) is 0 Å². The monoisotopic (exact) mass is 232 g/mol. The van der Waals surface area contributed by atoms with Crippen molar-refractivity contribution in [2.75, 3.05) is 0 Å². The third kappa shape index (κ3) is 3.98. The van der Waals surface area contributed by atoms with Crippen molar-refractivity contribution in [2.24, 2.45) is 0 Å². The predicted molar refractivity (Wildman–Crippen MR) is 52.8 cm³/mol. The topological polar surface area (TPSA) is 13.1 Å². The van der Waals surface area contributed by atoms with Crippen LogP contribution in [0.4, 0.5) is 0 Å². The van der Waals surface area contributed by atoms with Gasteiger partial charge in [-0.05, 0) is 0 Å². The van der Waals surface area contributed by atoms with E-state index >= 15 is 0 Å². The molecule has 0 aliphatic rings. The van der Waals surface area contributed by atoms with Crippen LogP contribution in [-0.4, -0.2) is 16.0 Å². The molecule has 0 radical (unpaired) electrons. The Labute approximate surface area is 82.4 Å². The first-order chi connectivity index (χ1) is 5.79. The van der Waals surface area contributed by atoms with Gasteiger partial charge >= 0.3 is 82.0 Å². The maximum absolute atomic E-state index is 4.99. The quantitative estimate of drug-likeness (QED) is 0.561. The summed E-state index contributed by atoms with van der Waals surface area (Å²) in [6.07, 6.45) is 8.66. The summed E-state index contributed by atoms with van der Waals surface area (Å²) < 4.78 is 4.99. The molecular weight excluding hydrogens is 215 g/mol. The third-order valence-electron chi connectivity index (χ3n) is 1.92. The van der Waals surface area contributed by atoms with Crippen molar-refractivity contribution in [3.63, 3.8) is 0 Å². The average Bonchev–Trinajstić information content (AvgIpc) is 2.49. The van der Waals surface area contributed by atoms with Gasteiger partial charge in [-0.25, -0.2) is 0 Å². The number of rotatable bonds is 5. The molecule has 0 bridgehead atoms. The van der Waals surface area contributed by atoms with E-state index in [1.807, 2.05) is 12.3 Å². The Kier molecular flexibility index (Phi) is 4.49. The van der Waals surface area contributed by atoms with Crippen LogP contribution in [0.2, 0.25) is 4.82 Å². The van der Waals surface area contributed by atoms with Crippen molar-refractivity contribution < 1.29 is 4.42 Å². The van der Waals surface area contributed by atoms with Gasteiger partial charge in [0.1, 0.15) is 0 Å². The zero-order valence-electron chi connectivity index (χ0n) is 7.49. The molecule has 0 fully saturated rings. The van der Waals surface area contributed by atoms with Gasteiger partial charge in [0.05, 0.1) is 0 Å². The van der Waals surface area contributed by atoms with E-state index in [9.17, 15) is 0 Å². The second-order valence-corrected chi connectivity index (χ2v) is 5.08. The van der Waals surface area contributed by atoms with Crippen LogP contribution in [0.1, 0.15) is 31.7 Å². The molecule has 1 heterocycles. The van der Waals surface area contributed by atoms with E-state index in [1.165, 1.54) is 24.8 Å². The van der Waals surface area contributed by atoms with Gasteiger partial charge in [0.2, 0.25) is 0 Å². The molecule has 0 saturated heterocycles. The Morgan fingerprint density at radius 1 is 1.50 bits per heavy atom. The summed E-state index contributed by atoms with van der Waals surface area (Å²) in [6, 6.07) is 2.05. The summed E-state index contributed by atoms with van der Waals surface area (Å²) in [7, 11) is 0. The molecule has 0 aliphatic carbocycles. The van der Waals surface area contributed by atoms with Crippen LogP contribution in [0.25, 0.3) is 0 Å². The summed E-state index contributed by atoms with van der Waals surface area (Å²) in [5.41, 5.74) is 1.33. The van der Waals surface area contributed by atoms with Gasteiger partial charge < -0.3 is 0 Å². The van der Waals surface area contributed by atoms with Crippen LogP contribution in [-0.2, 0) is 6.42 Å². The Hall–Kier alpha value is -0.201. The number of unbranched alkanes of at least 4 members (excludes halogenated alkanes) is 1. The summed E-state index contributed by atoms with van der Waals surface area (Å²) >= 11 is 2.70. The zero-order valence-corrected chi connectivity index (χ0v) is 9.37. The molecule has 1 unspecified atom stereocenters. The molecule has 1 aromatic rings. The number of furan rings is 1. The van der Waals surface area contributed by atoms with Gasteiger partial charge in [0.15, 0.2) is 0 Å². The summed E-state index contributed by atoms with van der Waals surface area (Å²) in [6.45, 7) is 2.25. The Morgan fingerprint density at radius 3 is 2.92 bits per heavy atom. The number of aryl methyl sites for hydroxylation is 1. The molecule has 0 N–H and O–H groups in total. The van der Waals surface area contributed by atoms with Gasteiger partial charge in [-0.2, -0.15) is 0 Å². The first-order valence-electron chi connectivity index (χ1n) is 4.48. The molecule has 0 spiro atoms. The molecule has 1 aromatic heterocycles. The maximum atomic E-state index is 4.99. The fraction of sp³-hybridized carbons (Fsp3) is 0.600. The predicted octanol–water partition coefficient (Wildman–Crippen LogP) is 2.70. The fourth-order valence-corrected chi connectivity index (χ4v) is 1.59. The van der Waals surface area contributed by atoms with Crippen molar-refractivity contribution >= 4 is 16.0 Å². The van der Waals surface area contributed by atoms with Crippen LogP contribution in [0.5, 0.6) is 0 Å². The van der Waals surface area contributed by atoms with Crippen LogP contribution < -0.4 is 0 Å². The van der Waals surface area contributed by atoms with Crippen LogP contribution >= 0.6 is 0 Å². The standard InChI is InChI=1S/C10H16OSe/c1-9(12)4-2-3-5-10-6-7-11-8-10/h6-9,12H,2-5H2,1H3. The Bertz CT molecular complexity index is 192. The van der Waals surface area contributed by atoms with Crippen LogP contribution in [0.3, 0.4) is 0 Å². The van der Waals surface area contributed by atoms with Crippen molar-refractivity contribution in [3.05, 3.63) is 24.2 Å². The van der Waals surface area contributed by atoms with Crippen molar-refractivity contribution in [1.29, 1.82) is 0 Å². The number of hydrogen-bond donors (Lipinski definition) is 0. The molecule has 0 amide bonds. The molecule has 12 heavy (non-hydrogen) atoms. The molecule has 1 rings (SSSR count). The summed E-state index contributed by atoms with van der Waals surface area (Å²) in [5.74, 6) is 0. The van der Waals surface area contributed by atoms with E-state index in [-0.39, 0.29) is 0 Å².